The van der Waals surface area contributed by atoms with Crippen LogP contribution in [0.15, 0.2) is 24.3 Å². The number of ether oxygens (including phenoxy) is 1. The molecule has 0 aliphatic carbocycles. The van der Waals surface area contributed by atoms with E-state index in [-0.39, 0.29) is 5.78 Å². The van der Waals surface area contributed by atoms with Gasteiger partial charge in [-0.1, -0.05) is 31.9 Å². The molecule has 106 valence electrons. The van der Waals surface area contributed by atoms with Crippen LogP contribution in [-0.4, -0.2) is 37.4 Å². The van der Waals surface area contributed by atoms with Crippen LogP contribution in [0.2, 0.25) is 0 Å². The number of para-hydroxylation sites is 1. The number of likely N-dealkylation sites (N-methyl/N-ethyl adjacent to an activating group) is 1. The Morgan fingerprint density at radius 3 is 2.63 bits per heavy atom. The molecular weight excluding hydrogens is 238 g/mol. The molecule has 0 amide bonds. The Balaban J connectivity index is 2.57. The molecule has 0 aromatic heterocycles. The number of nitrogens with zero attached hydrogens (tertiary/aromatic N) is 1. The molecule has 0 bridgehead atoms. The number of hydrogen-bond acceptors (Lipinski definition) is 3. The van der Waals surface area contributed by atoms with Crippen molar-refractivity contribution in [2.45, 2.75) is 33.1 Å². The highest BCUT2D eigenvalue weighted by Gasteiger charge is 2.13. The van der Waals surface area contributed by atoms with Gasteiger partial charge in [0.2, 0.25) is 0 Å². The lowest BCUT2D eigenvalue weighted by molar-refractivity contribution is 0.0941. The maximum Gasteiger partial charge on any atom is 0.180 e. The Bertz CT molecular complexity index is 390. The van der Waals surface area contributed by atoms with E-state index in [0.717, 1.165) is 13.0 Å². The summed E-state index contributed by atoms with van der Waals surface area (Å²) in [7, 11) is 2.00. The van der Waals surface area contributed by atoms with E-state index in [2.05, 4.69) is 11.8 Å². The number of carbonyl (C=O) groups is 1. The van der Waals surface area contributed by atoms with Gasteiger partial charge in [-0.05, 0) is 39.1 Å². The van der Waals surface area contributed by atoms with E-state index in [1.807, 2.05) is 38.2 Å². The smallest absolute Gasteiger partial charge is 0.180 e. The van der Waals surface area contributed by atoms with Gasteiger partial charge >= 0.3 is 0 Å². The van der Waals surface area contributed by atoms with Gasteiger partial charge in [0.25, 0.3) is 0 Å². The third kappa shape index (κ3) is 5.43. The summed E-state index contributed by atoms with van der Waals surface area (Å²) in [6.45, 7) is 6.11. The van der Waals surface area contributed by atoms with Crippen molar-refractivity contribution in [2.24, 2.45) is 0 Å². The van der Waals surface area contributed by atoms with Gasteiger partial charge in [0.1, 0.15) is 5.75 Å². The minimum atomic E-state index is 0.128. The average molecular weight is 263 g/mol. The minimum Gasteiger partial charge on any atom is -0.493 e. The molecule has 0 unspecified atom stereocenters. The van der Waals surface area contributed by atoms with E-state index in [4.69, 9.17) is 4.74 Å². The highest BCUT2D eigenvalue weighted by atomic mass is 16.5. The number of ketones is 1. The summed E-state index contributed by atoms with van der Waals surface area (Å²) >= 11 is 0. The Morgan fingerprint density at radius 1 is 1.21 bits per heavy atom. The molecule has 0 N–H and O–H groups in total. The van der Waals surface area contributed by atoms with Crippen LogP contribution in [0.4, 0.5) is 0 Å². The first kappa shape index (κ1) is 15.7. The Morgan fingerprint density at radius 2 is 1.95 bits per heavy atom. The molecule has 0 aliphatic heterocycles. The Hall–Kier alpha value is -1.35. The number of hydrogen-bond donors (Lipinski definition) is 0. The van der Waals surface area contributed by atoms with E-state index in [0.29, 0.717) is 24.5 Å². The van der Waals surface area contributed by atoms with Gasteiger partial charge in [-0.25, -0.2) is 0 Å². The third-order valence-corrected chi connectivity index (χ3v) is 3.04. The zero-order valence-corrected chi connectivity index (χ0v) is 12.3. The lowest BCUT2D eigenvalue weighted by Crippen LogP contribution is -2.27. The van der Waals surface area contributed by atoms with E-state index in [9.17, 15) is 4.79 Å². The maximum absolute atomic E-state index is 12.3. The van der Waals surface area contributed by atoms with Crippen molar-refractivity contribution in [2.75, 3.05) is 26.7 Å². The van der Waals surface area contributed by atoms with Gasteiger partial charge in [-0.2, -0.15) is 0 Å². The minimum absolute atomic E-state index is 0.128. The quantitative estimate of drug-likeness (QED) is 0.505. The zero-order chi connectivity index (χ0) is 14.1. The zero-order valence-electron chi connectivity index (χ0n) is 12.3. The van der Waals surface area contributed by atoms with E-state index in [1.54, 1.807) is 0 Å². The van der Waals surface area contributed by atoms with Crippen LogP contribution >= 0.6 is 0 Å². The predicted octanol–water partition coefficient (Wildman–Crippen LogP) is 3.39. The highest BCUT2D eigenvalue weighted by Crippen LogP contribution is 2.18. The highest BCUT2D eigenvalue weighted by molar-refractivity contribution is 6.00. The first-order valence-corrected chi connectivity index (χ1v) is 7.12. The molecule has 19 heavy (non-hydrogen) atoms. The fourth-order valence-electron chi connectivity index (χ4n) is 2.02. The van der Waals surface area contributed by atoms with Crippen LogP contribution in [-0.2, 0) is 0 Å². The summed E-state index contributed by atoms with van der Waals surface area (Å²) in [5, 5.41) is 0. The summed E-state index contributed by atoms with van der Waals surface area (Å²) < 4.78 is 5.50. The standard InChI is InChI=1S/C16H25NO2/c1-4-6-9-12-17(3)13-15(18)14-10-7-8-11-16(14)19-5-2/h7-8,10-11H,4-6,9,12-13H2,1-3H3. The first-order chi connectivity index (χ1) is 9.19. The summed E-state index contributed by atoms with van der Waals surface area (Å²) in [4.78, 5) is 14.3. The van der Waals surface area contributed by atoms with Crippen molar-refractivity contribution in [3.63, 3.8) is 0 Å². The summed E-state index contributed by atoms with van der Waals surface area (Å²) in [5.74, 6) is 0.819. The maximum atomic E-state index is 12.3. The molecular formula is C16H25NO2. The van der Waals surface area contributed by atoms with Crippen molar-refractivity contribution in [1.82, 2.24) is 4.90 Å². The lowest BCUT2D eigenvalue weighted by Gasteiger charge is -2.16. The van der Waals surface area contributed by atoms with E-state index < -0.39 is 0 Å². The van der Waals surface area contributed by atoms with Crippen LogP contribution in [0, 0.1) is 0 Å². The van der Waals surface area contributed by atoms with Crippen molar-refractivity contribution in [3.05, 3.63) is 29.8 Å². The molecule has 0 saturated heterocycles. The molecule has 0 heterocycles. The second kappa shape index (κ2) is 8.70. The lowest BCUT2D eigenvalue weighted by atomic mass is 10.1. The monoisotopic (exact) mass is 263 g/mol. The van der Waals surface area contributed by atoms with Crippen molar-refractivity contribution in [1.29, 1.82) is 0 Å². The molecule has 3 nitrogen and oxygen atoms in total. The van der Waals surface area contributed by atoms with Gasteiger partial charge in [0.15, 0.2) is 5.78 Å². The average Bonchev–Trinajstić information content (AvgIpc) is 2.40. The second-order valence-electron chi connectivity index (χ2n) is 4.80. The van der Waals surface area contributed by atoms with Crippen molar-refractivity contribution < 1.29 is 9.53 Å². The van der Waals surface area contributed by atoms with Crippen LogP contribution in [0.25, 0.3) is 0 Å². The van der Waals surface area contributed by atoms with Crippen molar-refractivity contribution >= 4 is 5.78 Å². The second-order valence-corrected chi connectivity index (χ2v) is 4.80. The molecule has 0 spiro atoms. The number of carbonyl (C=O) groups excluding carboxylic acids is 1. The topological polar surface area (TPSA) is 29.5 Å². The summed E-state index contributed by atoms with van der Waals surface area (Å²) in [6, 6.07) is 7.47. The van der Waals surface area contributed by atoms with E-state index in [1.165, 1.54) is 12.8 Å². The fraction of sp³-hybridized carbons (Fsp3) is 0.562. The summed E-state index contributed by atoms with van der Waals surface area (Å²) in [5.41, 5.74) is 0.687. The van der Waals surface area contributed by atoms with E-state index >= 15 is 0 Å². The predicted molar refractivity (Wildman–Crippen MR) is 79.0 cm³/mol. The summed E-state index contributed by atoms with van der Waals surface area (Å²) in [6.07, 6.45) is 3.57. The number of Topliss-reactive ketones (excluding diaryl/α,β-unsaturated/α-hetero) is 1. The Labute approximate surface area is 116 Å². The van der Waals surface area contributed by atoms with Crippen LogP contribution < -0.4 is 4.74 Å². The Kier molecular flexibility index (Phi) is 7.19. The molecule has 0 fully saturated rings. The number of unbranched alkanes of at least 4 members (excludes halogenated alkanes) is 2. The molecule has 1 rings (SSSR count). The van der Waals surface area contributed by atoms with Gasteiger partial charge in [-0.15, -0.1) is 0 Å². The van der Waals surface area contributed by atoms with Crippen LogP contribution in [0.3, 0.4) is 0 Å². The first-order valence-electron chi connectivity index (χ1n) is 7.12. The molecule has 1 aromatic carbocycles. The largest absolute Gasteiger partial charge is 0.493 e. The molecule has 0 aliphatic rings. The fourth-order valence-corrected chi connectivity index (χ4v) is 2.02. The number of rotatable bonds is 9. The van der Waals surface area contributed by atoms with Gasteiger partial charge in [0, 0.05) is 0 Å². The molecule has 0 atom stereocenters. The normalized spacial score (nSPS) is 10.7. The molecule has 1 aromatic rings. The molecule has 0 radical (unpaired) electrons. The molecule has 0 saturated carbocycles. The van der Waals surface area contributed by atoms with Crippen molar-refractivity contribution in [3.8, 4) is 5.75 Å². The van der Waals surface area contributed by atoms with Gasteiger partial charge in [-0.3, -0.25) is 9.69 Å². The number of benzene rings is 1. The van der Waals surface area contributed by atoms with Gasteiger partial charge in [0.05, 0.1) is 18.7 Å². The van der Waals surface area contributed by atoms with Gasteiger partial charge < -0.3 is 4.74 Å². The van der Waals surface area contributed by atoms with Crippen LogP contribution in [0.5, 0.6) is 5.75 Å². The molecule has 3 heteroatoms. The van der Waals surface area contributed by atoms with Crippen LogP contribution in [0.1, 0.15) is 43.5 Å². The third-order valence-electron chi connectivity index (χ3n) is 3.04. The SMILES string of the molecule is CCCCCN(C)CC(=O)c1ccccc1OCC.